The van der Waals surface area contributed by atoms with E-state index in [1.165, 1.54) is 0 Å². The Hall–Kier alpha value is -1.06. The van der Waals surface area contributed by atoms with Gasteiger partial charge in [-0.25, -0.2) is 0 Å². The summed E-state index contributed by atoms with van der Waals surface area (Å²) in [4.78, 5) is 0. The van der Waals surface area contributed by atoms with Crippen LogP contribution < -0.4 is 0 Å². The average molecular weight is 338 g/mol. The molecule has 0 aliphatic carbocycles. The highest BCUT2D eigenvalue weighted by Crippen LogP contribution is 2.43. The van der Waals surface area contributed by atoms with Gasteiger partial charge in [0.2, 0.25) is 0 Å². The van der Waals surface area contributed by atoms with Crippen molar-refractivity contribution >= 4 is 0 Å². The van der Waals surface area contributed by atoms with Gasteiger partial charge in [0.05, 0.1) is 13.2 Å². The smallest absolute Gasteiger partial charge is 0.190 e. The number of hydrogen-bond donors (Lipinski definition) is 2. The molecule has 7 nitrogen and oxygen atoms in total. The van der Waals surface area contributed by atoms with Gasteiger partial charge in [0.1, 0.15) is 23.9 Å². The van der Waals surface area contributed by atoms with Crippen LogP contribution in [0.2, 0.25) is 0 Å². The third kappa shape index (κ3) is 2.57. The maximum atomic E-state index is 11.1. The summed E-state index contributed by atoms with van der Waals surface area (Å²) in [6.07, 6.45) is -3.34. The summed E-state index contributed by atoms with van der Waals surface area (Å²) in [5, 5.41) is 21.0. The third-order valence-electron chi connectivity index (χ3n) is 4.80. The zero-order chi connectivity index (χ0) is 16.7. The lowest BCUT2D eigenvalue weighted by atomic mass is 9.84. The molecule has 7 atom stereocenters. The predicted octanol–water partition coefficient (Wildman–Crippen LogP) is 0.700. The van der Waals surface area contributed by atoms with E-state index in [2.05, 4.69) is 0 Å². The third-order valence-corrected chi connectivity index (χ3v) is 4.80. The highest BCUT2D eigenvalue weighted by molar-refractivity contribution is 5.17. The molecule has 7 heteroatoms. The number of ether oxygens (including phenoxy) is 5. The summed E-state index contributed by atoms with van der Waals surface area (Å²) >= 11 is 0. The van der Waals surface area contributed by atoms with E-state index in [0.29, 0.717) is 6.42 Å². The van der Waals surface area contributed by atoms with E-state index >= 15 is 0 Å². The summed E-state index contributed by atoms with van der Waals surface area (Å²) in [5.74, 6) is 0. The second-order valence-electron chi connectivity index (χ2n) is 6.36. The van der Waals surface area contributed by atoms with Crippen molar-refractivity contribution in [2.45, 2.75) is 56.1 Å². The van der Waals surface area contributed by atoms with Crippen molar-refractivity contribution in [1.29, 1.82) is 0 Å². The van der Waals surface area contributed by atoms with Gasteiger partial charge in [-0.15, -0.1) is 0 Å². The van der Waals surface area contributed by atoms with Crippen LogP contribution in [0.15, 0.2) is 30.3 Å². The van der Waals surface area contributed by atoms with Crippen LogP contribution in [-0.2, 0) is 23.7 Å². The second kappa shape index (κ2) is 6.34. The Kier molecular flexibility index (Phi) is 4.34. The molecule has 3 fully saturated rings. The van der Waals surface area contributed by atoms with E-state index in [1.807, 2.05) is 37.3 Å². The lowest BCUT2D eigenvalue weighted by molar-refractivity contribution is -0.367. The fourth-order valence-electron chi connectivity index (χ4n) is 3.51. The van der Waals surface area contributed by atoms with Crippen molar-refractivity contribution in [3.8, 4) is 0 Å². The summed E-state index contributed by atoms with van der Waals surface area (Å²) in [7, 11) is 0. The maximum absolute atomic E-state index is 11.1. The van der Waals surface area contributed by atoms with Gasteiger partial charge in [-0.1, -0.05) is 37.3 Å². The maximum Gasteiger partial charge on any atom is 0.190 e. The Morgan fingerprint density at radius 2 is 1.88 bits per heavy atom. The highest BCUT2D eigenvalue weighted by Gasteiger charge is 2.62. The predicted molar refractivity (Wildman–Crippen MR) is 80.7 cm³/mol. The fourth-order valence-corrected chi connectivity index (χ4v) is 3.51. The molecule has 3 saturated heterocycles. The Morgan fingerprint density at radius 3 is 2.58 bits per heavy atom. The molecule has 3 aliphatic heterocycles. The summed E-state index contributed by atoms with van der Waals surface area (Å²) in [6.45, 7) is 1.63. The standard InChI is InChI=1S/C17H22O7/c1-2-12-22-14-16(23-12)21-11-8-20-15(10-6-4-3-5-7-10)24-13(11)17(14,19)9-18/h3-7,11-16,18-19H,2,8-9H2,1H3/t11-,12+,13-,14+,15?,16-,17+/m1/s1. The molecule has 1 aromatic carbocycles. The van der Waals surface area contributed by atoms with Crippen molar-refractivity contribution in [1.82, 2.24) is 0 Å². The first-order valence-corrected chi connectivity index (χ1v) is 8.27. The number of hydrogen-bond acceptors (Lipinski definition) is 7. The van der Waals surface area contributed by atoms with Gasteiger partial charge in [0, 0.05) is 5.56 Å². The van der Waals surface area contributed by atoms with E-state index in [0.717, 1.165) is 5.56 Å². The van der Waals surface area contributed by atoms with Gasteiger partial charge in [0.15, 0.2) is 18.9 Å². The topological polar surface area (TPSA) is 86.6 Å². The largest absolute Gasteiger partial charge is 0.393 e. The molecule has 4 rings (SSSR count). The Labute approximate surface area is 140 Å². The first-order chi connectivity index (χ1) is 11.7. The van der Waals surface area contributed by atoms with Crippen molar-refractivity contribution in [3.05, 3.63) is 35.9 Å². The van der Waals surface area contributed by atoms with Crippen LogP contribution in [0.4, 0.5) is 0 Å². The number of aliphatic hydroxyl groups is 2. The molecule has 1 unspecified atom stereocenters. The molecule has 0 radical (unpaired) electrons. The zero-order valence-electron chi connectivity index (χ0n) is 13.4. The molecule has 0 spiro atoms. The van der Waals surface area contributed by atoms with E-state index < -0.39 is 49.4 Å². The first-order valence-electron chi connectivity index (χ1n) is 8.27. The minimum atomic E-state index is -1.62. The van der Waals surface area contributed by atoms with Gasteiger partial charge < -0.3 is 33.9 Å². The van der Waals surface area contributed by atoms with Crippen molar-refractivity contribution < 1.29 is 33.9 Å². The number of aliphatic hydroxyl groups excluding tert-OH is 1. The minimum absolute atomic E-state index is 0.232. The van der Waals surface area contributed by atoms with Crippen molar-refractivity contribution in [3.63, 3.8) is 0 Å². The molecule has 1 aromatic rings. The second-order valence-corrected chi connectivity index (χ2v) is 6.36. The van der Waals surface area contributed by atoms with E-state index in [4.69, 9.17) is 23.7 Å². The molecule has 24 heavy (non-hydrogen) atoms. The van der Waals surface area contributed by atoms with Gasteiger partial charge in [-0.3, -0.25) is 0 Å². The van der Waals surface area contributed by atoms with E-state index in [-0.39, 0.29) is 6.61 Å². The zero-order valence-corrected chi connectivity index (χ0v) is 13.4. The van der Waals surface area contributed by atoms with Crippen LogP contribution in [0, 0.1) is 0 Å². The Balaban J connectivity index is 1.59. The van der Waals surface area contributed by atoms with Crippen molar-refractivity contribution in [2.24, 2.45) is 0 Å². The quantitative estimate of drug-likeness (QED) is 0.839. The summed E-state index contributed by atoms with van der Waals surface area (Å²) in [6, 6.07) is 9.46. The van der Waals surface area contributed by atoms with Crippen LogP contribution >= 0.6 is 0 Å². The lowest BCUT2D eigenvalue weighted by Crippen LogP contribution is -2.70. The van der Waals surface area contributed by atoms with Gasteiger partial charge in [-0.2, -0.15) is 0 Å². The molecule has 3 heterocycles. The number of benzene rings is 1. The molecule has 0 saturated carbocycles. The average Bonchev–Trinajstić information content (AvgIpc) is 3.06. The van der Waals surface area contributed by atoms with E-state index in [1.54, 1.807) is 0 Å². The van der Waals surface area contributed by atoms with Crippen LogP contribution in [-0.4, -0.2) is 59.9 Å². The monoisotopic (exact) mass is 338 g/mol. The Morgan fingerprint density at radius 1 is 1.08 bits per heavy atom. The van der Waals surface area contributed by atoms with Crippen LogP contribution in [0.5, 0.6) is 0 Å². The SMILES string of the molecule is CC[C@@H]1O[C@H]2O[C@@H]3COC(c4ccccc4)O[C@H]3[C@@](O)(CO)[C@H]2O1. The molecule has 132 valence electrons. The van der Waals surface area contributed by atoms with Crippen molar-refractivity contribution in [2.75, 3.05) is 13.2 Å². The molecule has 2 N–H and O–H groups in total. The molecule has 0 aromatic heterocycles. The lowest BCUT2D eigenvalue weighted by Gasteiger charge is -2.50. The minimum Gasteiger partial charge on any atom is -0.393 e. The highest BCUT2D eigenvalue weighted by atomic mass is 16.8. The normalized spacial score (nSPS) is 44.8. The van der Waals surface area contributed by atoms with Gasteiger partial charge in [0.25, 0.3) is 0 Å². The van der Waals surface area contributed by atoms with Crippen LogP contribution in [0.25, 0.3) is 0 Å². The molecular weight excluding hydrogens is 316 g/mol. The van der Waals surface area contributed by atoms with E-state index in [9.17, 15) is 10.2 Å². The fraction of sp³-hybridized carbons (Fsp3) is 0.647. The molecule has 0 bridgehead atoms. The van der Waals surface area contributed by atoms with Crippen LogP contribution in [0.3, 0.4) is 0 Å². The van der Waals surface area contributed by atoms with Gasteiger partial charge >= 0.3 is 0 Å². The summed E-state index contributed by atoms with van der Waals surface area (Å²) in [5.41, 5.74) is -0.776. The number of fused-ring (bicyclic) bond motifs is 2. The molecule has 0 amide bonds. The molecule has 3 aliphatic rings. The first kappa shape index (κ1) is 16.4. The van der Waals surface area contributed by atoms with Gasteiger partial charge in [-0.05, 0) is 6.42 Å². The number of rotatable bonds is 3. The van der Waals surface area contributed by atoms with Crippen LogP contribution in [0.1, 0.15) is 25.2 Å². The molecular formula is C17H22O7. The summed E-state index contributed by atoms with van der Waals surface area (Å²) < 4.78 is 28.9. The Bertz CT molecular complexity index is 567.